The van der Waals surface area contributed by atoms with Gasteiger partial charge in [-0.2, -0.15) is 0 Å². The lowest BCUT2D eigenvalue weighted by atomic mass is 9.54. The van der Waals surface area contributed by atoms with Crippen LogP contribution in [0.25, 0.3) is 10.8 Å². The summed E-state index contributed by atoms with van der Waals surface area (Å²) in [5.74, 6) is -1.29. The van der Waals surface area contributed by atoms with Crippen molar-refractivity contribution in [3.8, 4) is 0 Å². The number of ether oxygens (including phenoxy) is 1. The van der Waals surface area contributed by atoms with Crippen molar-refractivity contribution in [2.24, 2.45) is 5.41 Å². The molecule has 5 heteroatoms. The average molecular weight is 355 g/mol. The Morgan fingerprint density at radius 3 is 2.54 bits per heavy atom. The molecule has 138 valence electrons. The third kappa shape index (κ3) is 2.86. The normalized spacial score (nSPS) is 24.0. The Hall–Kier alpha value is -2.40. The van der Waals surface area contributed by atoms with Crippen molar-refractivity contribution in [1.29, 1.82) is 0 Å². The topological polar surface area (TPSA) is 75.6 Å². The molecule has 1 saturated carbocycles. The molecule has 0 radical (unpaired) electrons. The summed E-state index contributed by atoms with van der Waals surface area (Å²) in [5.41, 5.74) is -1.09. The van der Waals surface area contributed by atoms with Crippen LogP contribution in [0.3, 0.4) is 0 Å². The Balaban J connectivity index is 1.81. The molecule has 0 aromatic heterocycles. The van der Waals surface area contributed by atoms with Crippen molar-refractivity contribution in [2.75, 3.05) is 6.61 Å². The maximum absolute atomic E-state index is 12.7. The lowest BCUT2D eigenvalue weighted by Gasteiger charge is -2.58. The SMILES string of the molecule is CCOC1CC(NC(=O)Cc2cccc3ccccc23)(C(=O)O)C1(C)C. The highest BCUT2D eigenvalue weighted by atomic mass is 16.5. The smallest absolute Gasteiger partial charge is 0.330 e. The average Bonchev–Trinajstić information content (AvgIpc) is 2.60. The molecular formula is C21H25NO4. The van der Waals surface area contributed by atoms with E-state index in [4.69, 9.17) is 4.74 Å². The molecule has 1 amide bonds. The van der Waals surface area contributed by atoms with E-state index < -0.39 is 16.9 Å². The fourth-order valence-corrected chi connectivity index (χ4v) is 3.94. The van der Waals surface area contributed by atoms with Crippen molar-refractivity contribution in [3.05, 3.63) is 48.0 Å². The van der Waals surface area contributed by atoms with E-state index in [-0.39, 0.29) is 24.9 Å². The van der Waals surface area contributed by atoms with E-state index in [1.165, 1.54) is 0 Å². The van der Waals surface area contributed by atoms with Gasteiger partial charge in [0.05, 0.1) is 12.5 Å². The van der Waals surface area contributed by atoms with E-state index >= 15 is 0 Å². The highest BCUT2D eigenvalue weighted by molar-refractivity contribution is 5.93. The summed E-state index contributed by atoms with van der Waals surface area (Å²) in [6.07, 6.45) is 0.248. The lowest BCUT2D eigenvalue weighted by molar-refractivity contribution is -0.194. The van der Waals surface area contributed by atoms with Gasteiger partial charge in [-0.15, -0.1) is 0 Å². The Morgan fingerprint density at radius 2 is 1.88 bits per heavy atom. The summed E-state index contributed by atoms with van der Waals surface area (Å²) in [4.78, 5) is 24.7. The molecule has 0 aliphatic heterocycles. The second-order valence-corrected chi connectivity index (χ2v) is 7.44. The van der Waals surface area contributed by atoms with Crippen LogP contribution < -0.4 is 5.32 Å². The predicted molar refractivity (Wildman–Crippen MR) is 100.0 cm³/mol. The van der Waals surface area contributed by atoms with E-state index in [2.05, 4.69) is 5.32 Å². The zero-order chi connectivity index (χ0) is 18.9. The molecule has 1 aliphatic rings. The molecule has 1 aliphatic carbocycles. The Labute approximate surface area is 153 Å². The second kappa shape index (κ2) is 6.72. The summed E-state index contributed by atoms with van der Waals surface area (Å²) in [5, 5.41) is 14.7. The van der Waals surface area contributed by atoms with Crippen LogP contribution in [0.4, 0.5) is 0 Å². The van der Waals surface area contributed by atoms with Crippen LogP contribution >= 0.6 is 0 Å². The number of benzene rings is 2. The van der Waals surface area contributed by atoms with Crippen LogP contribution in [0, 0.1) is 5.41 Å². The number of carboxylic acids is 1. The van der Waals surface area contributed by atoms with E-state index in [1.54, 1.807) is 0 Å². The maximum atomic E-state index is 12.7. The predicted octanol–water partition coefficient (Wildman–Crippen LogP) is 3.16. The molecule has 0 bridgehead atoms. The Morgan fingerprint density at radius 1 is 1.19 bits per heavy atom. The molecule has 26 heavy (non-hydrogen) atoms. The first-order valence-electron chi connectivity index (χ1n) is 8.94. The van der Waals surface area contributed by atoms with Gasteiger partial charge in [-0.05, 0) is 23.3 Å². The van der Waals surface area contributed by atoms with Gasteiger partial charge in [0.1, 0.15) is 5.54 Å². The van der Waals surface area contributed by atoms with E-state index in [0.29, 0.717) is 6.61 Å². The number of aliphatic carboxylic acids is 1. The summed E-state index contributed by atoms with van der Waals surface area (Å²) in [7, 11) is 0. The number of carbonyl (C=O) groups excluding carboxylic acids is 1. The van der Waals surface area contributed by atoms with Gasteiger partial charge in [0, 0.05) is 18.4 Å². The molecule has 2 aromatic rings. The molecule has 0 heterocycles. The minimum atomic E-state index is -1.30. The van der Waals surface area contributed by atoms with Gasteiger partial charge < -0.3 is 15.2 Å². The third-order valence-corrected chi connectivity index (χ3v) is 5.71. The molecule has 2 unspecified atom stereocenters. The van der Waals surface area contributed by atoms with Crippen LogP contribution in [-0.4, -0.2) is 35.2 Å². The van der Waals surface area contributed by atoms with Crippen molar-refractivity contribution in [1.82, 2.24) is 5.32 Å². The first-order valence-corrected chi connectivity index (χ1v) is 8.94. The van der Waals surface area contributed by atoms with Gasteiger partial charge in [0.15, 0.2) is 0 Å². The lowest BCUT2D eigenvalue weighted by Crippen LogP contribution is -2.76. The first kappa shape index (κ1) is 18.4. The summed E-state index contributed by atoms with van der Waals surface area (Å²) in [6, 6.07) is 13.7. The van der Waals surface area contributed by atoms with Gasteiger partial charge in [-0.25, -0.2) is 4.79 Å². The minimum Gasteiger partial charge on any atom is -0.479 e. The molecule has 3 rings (SSSR count). The van der Waals surface area contributed by atoms with Crippen molar-refractivity contribution in [3.63, 3.8) is 0 Å². The Bertz CT molecular complexity index is 840. The van der Waals surface area contributed by atoms with E-state index in [1.807, 2.05) is 63.2 Å². The minimum absolute atomic E-state index is 0.145. The van der Waals surface area contributed by atoms with Crippen molar-refractivity contribution < 1.29 is 19.4 Å². The second-order valence-electron chi connectivity index (χ2n) is 7.44. The van der Waals surface area contributed by atoms with Crippen LogP contribution in [0.15, 0.2) is 42.5 Å². The molecule has 2 atom stereocenters. The fourth-order valence-electron chi connectivity index (χ4n) is 3.94. The molecule has 2 aromatic carbocycles. The number of hydrogen-bond donors (Lipinski definition) is 2. The molecule has 0 saturated heterocycles. The third-order valence-electron chi connectivity index (χ3n) is 5.71. The van der Waals surface area contributed by atoms with Crippen LogP contribution in [0.1, 0.15) is 32.8 Å². The molecule has 1 fully saturated rings. The highest BCUT2D eigenvalue weighted by Gasteiger charge is 2.66. The zero-order valence-corrected chi connectivity index (χ0v) is 15.4. The maximum Gasteiger partial charge on any atom is 0.330 e. The van der Waals surface area contributed by atoms with Crippen LogP contribution in [0.5, 0.6) is 0 Å². The molecular weight excluding hydrogens is 330 g/mol. The number of hydrogen-bond acceptors (Lipinski definition) is 3. The van der Waals surface area contributed by atoms with Crippen LogP contribution in [0.2, 0.25) is 0 Å². The number of nitrogens with one attached hydrogen (secondary N) is 1. The van der Waals surface area contributed by atoms with Gasteiger partial charge in [0.25, 0.3) is 0 Å². The number of rotatable bonds is 6. The first-order chi connectivity index (χ1) is 12.3. The number of carbonyl (C=O) groups is 2. The summed E-state index contributed by atoms with van der Waals surface area (Å²) >= 11 is 0. The Kier molecular flexibility index (Phi) is 4.76. The van der Waals surface area contributed by atoms with E-state index in [0.717, 1.165) is 16.3 Å². The van der Waals surface area contributed by atoms with Gasteiger partial charge >= 0.3 is 5.97 Å². The van der Waals surface area contributed by atoms with Gasteiger partial charge in [0.2, 0.25) is 5.91 Å². The van der Waals surface area contributed by atoms with E-state index in [9.17, 15) is 14.7 Å². The summed E-state index contributed by atoms with van der Waals surface area (Å²) in [6.45, 7) is 6.08. The summed E-state index contributed by atoms with van der Waals surface area (Å²) < 4.78 is 5.64. The van der Waals surface area contributed by atoms with Crippen LogP contribution in [-0.2, 0) is 20.7 Å². The van der Waals surface area contributed by atoms with Crippen molar-refractivity contribution in [2.45, 2.75) is 45.3 Å². The number of carboxylic acid groups (broad SMARTS) is 1. The highest BCUT2D eigenvalue weighted by Crippen LogP contribution is 2.51. The number of amides is 1. The zero-order valence-electron chi connectivity index (χ0n) is 15.4. The standard InChI is InChI=1S/C21H25NO4/c1-4-26-17-13-21(19(24)25,20(17,2)3)22-18(23)12-15-10-7-9-14-8-5-6-11-16(14)15/h5-11,17H,4,12-13H2,1-3H3,(H,22,23)(H,24,25). The monoisotopic (exact) mass is 355 g/mol. The molecule has 0 spiro atoms. The van der Waals surface area contributed by atoms with Gasteiger partial charge in [-0.1, -0.05) is 56.3 Å². The molecule has 5 nitrogen and oxygen atoms in total. The van der Waals surface area contributed by atoms with Gasteiger partial charge in [-0.3, -0.25) is 4.79 Å². The number of fused-ring (bicyclic) bond motifs is 1. The quantitative estimate of drug-likeness (QED) is 0.835. The molecule has 2 N–H and O–H groups in total. The largest absolute Gasteiger partial charge is 0.479 e. The fraction of sp³-hybridized carbons (Fsp3) is 0.429. The van der Waals surface area contributed by atoms with Crippen molar-refractivity contribution >= 4 is 22.6 Å².